The van der Waals surface area contributed by atoms with Gasteiger partial charge in [0.25, 0.3) is 0 Å². The van der Waals surface area contributed by atoms with E-state index in [1.807, 2.05) is 0 Å². The van der Waals surface area contributed by atoms with Gasteiger partial charge in [-0.3, -0.25) is 0 Å². The molecule has 3 heterocycles. The van der Waals surface area contributed by atoms with Gasteiger partial charge in [-0.25, -0.2) is 0 Å². The Morgan fingerprint density at radius 1 is 0.621 bits per heavy atom. The first kappa shape index (κ1) is 15.0. The fraction of sp³-hybridized carbons (Fsp3) is 0. The summed E-state index contributed by atoms with van der Waals surface area (Å²) in [5.41, 5.74) is 8.40. The maximum absolute atomic E-state index is 3.61. The van der Waals surface area contributed by atoms with Crippen LogP contribution in [0.4, 0.5) is 17.1 Å². The summed E-state index contributed by atoms with van der Waals surface area (Å²) >= 11 is 0. The monoisotopic (exact) mass is 371 g/mol. The highest BCUT2D eigenvalue weighted by Gasteiger charge is 2.28. The second-order valence-electron chi connectivity index (χ2n) is 7.60. The quantitative estimate of drug-likeness (QED) is 0.328. The lowest BCUT2D eigenvalue weighted by Crippen LogP contribution is -2.18. The molecule has 4 aromatic carbocycles. The van der Waals surface area contributed by atoms with E-state index < -0.39 is 0 Å². The highest BCUT2D eigenvalue weighted by Crippen LogP contribution is 2.50. The van der Waals surface area contributed by atoms with Gasteiger partial charge in [0.2, 0.25) is 0 Å². The van der Waals surface area contributed by atoms with Crippen molar-refractivity contribution in [2.24, 2.45) is 0 Å². The molecule has 0 atom stereocenters. The first-order valence-corrected chi connectivity index (χ1v) is 9.89. The first-order chi connectivity index (χ1) is 14.4. The number of hydrogen-bond donors (Lipinski definition) is 1. The Hall–Kier alpha value is -3.98. The summed E-state index contributed by atoms with van der Waals surface area (Å²) in [6, 6.07) is 32.4. The normalized spacial score (nSPS) is 12.8. The fourth-order valence-corrected chi connectivity index (χ4v) is 4.85. The van der Waals surface area contributed by atoms with Gasteiger partial charge < -0.3 is 14.5 Å². The lowest BCUT2D eigenvalue weighted by molar-refractivity contribution is 1.08. The number of nitrogens with one attached hydrogen (secondary N) is 1. The molecule has 1 aliphatic heterocycles. The molecule has 3 nitrogen and oxygen atoms in total. The third kappa shape index (κ3) is 1.87. The number of aromatic nitrogens is 2. The first-order valence-electron chi connectivity index (χ1n) is 9.89. The summed E-state index contributed by atoms with van der Waals surface area (Å²) in [6.45, 7) is 0. The Balaban J connectivity index is 1.73. The lowest BCUT2D eigenvalue weighted by Gasteiger charge is -2.33. The van der Waals surface area contributed by atoms with E-state index in [-0.39, 0.29) is 0 Å². The molecule has 0 spiro atoms. The van der Waals surface area contributed by atoms with Crippen LogP contribution in [0.2, 0.25) is 0 Å². The minimum Gasteiger partial charge on any atom is -0.354 e. The van der Waals surface area contributed by atoms with Crippen molar-refractivity contribution >= 4 is 49.8 Å². The summed E-state index contributed by atoms with van der Waals surface area (Å²) in [7, 11) is 0. The van der Waals surface area contributed by atoms with E-state index in [2.05, 4.69) is 112 Å². The third-order valence-electron chi connectivity index (χ3n) is 6.05. The summed E-state index contributed by atoms with van der Waals surface area (Å²) in [5, 5.41) is 3.77. The Morgan fingerprint density at radius 3 is 2.41 bits per heavy atom. The Bertz CT molecular complexity index is 1550. The predicted octanol–water partition coefficient (Wildman–Crippen LogP) is 7.05. The number of nitrogens with zero attached hydrogens (tertiary/aromatic N) is 2. The van der Waals surface area contributed by atoms with Crippen molar-refractivity contribution in [2.75, 3.05) is 4.90 Å². The number of fused-ring (bicyclic) bond motifs is 6. The summed E-state index contributed by atoms with van der Waals surface area (Å²) in [5.74, 6) is 0. The van der Waals surface area contributed by atoms with Crippen LogP contribution in [-0.2, 0) is 0 Å². The number of H-pyrrole nitrogens is 1. The minimum atomic E-state index is 1.16. The van der Waals surface area contributed by atoms with E-state index in [1.54, 1.807) is 0 Å². The van der Waals surface area contributed by atoms with Gasteiger partial charge in [-0.2, -0.15) is 0 Å². The molecular weight excluding hydrogens is 354 g/mol. The molecule has 0 unspecified atom stereocenters. The van der Waals surface area contributed by atoms with Crippen molar-refractivity contribution in [3.05, 3.63) is 97.2 Å². The smallest absolute Gasteiger partial charge is 0.0803 e. The van der Waals surface area contributed by atoms with Crippen LogP contribution in [0.3, 0.4) is 0 Å². The standard InChI is InChI=1S/C26H17N3/c1-2-8-18(9-3-1)29-23-12-6-7-17-15-16-28(25(17)23)22-14-13-21-24(26(22)29)19-10-4-5-11-20(19)27-21/h1-16,27H. The zero-order valence-corrected chi connectivity index (χ0v) is 15.6. The van der Waals surface area contributed by atoms with Crippen LogP contribution in [-0.4, -0.2) is 9.55 Å². The highest BCUT2D eigenvalue weighted by atomic mass is 15.2. The molecule has 0 aliphatic carbocycles. The Morgan fingerprint density at radius 2 is 1.48 bits per heavy atom. The summed E-state index contributed by atoms with van der Waals surface area (Å²) in [6.07, 6.45) is 2.19. The van der Waals surface area contributed by atoms with Crippen molar-refractivity contribution in [3.63, 3.8) is 0 Å². The average Bonchev–Trinajstić information content (AvgIpc) is 3.37. The molecule has 0 saturated carbocycles. The van der Waals surface area contributed by atoms with Gasteiger partial charge in [-0.1, -0.05) is 48.5 Å². The Kier molecular flexibility index (Phi) is 2.74. The molecule has 0 amide bonds. The van der Waals surface area contributed by atoms with E-state index >= 15 is 0 Å². The van der Waals surface area contributed by atoms with Crippen LogP contribution in [0.15, 0.2) is 97.2 Å². The predicted molar refractivity (Wildman–Crippen MR) is 121 cm³/mol. The van der Waals surface area contributed by atoms with Gasteiger partial charge in [0.05, 0.1) is 22.6 Å². The van der Waals surface area contributed by atoms with Crippen LogP contribution in [0.1, 0.15) is 0 Å². The van der Waals surface area contributed by atoms with Gasteiger partial charge in [0.1, 0.15) is 0 Å². The Labute approximate surface area is 167 Å². The molecule has 136 valence electrons. The molecule has 2 aromatic heterocycles. The molecule has 6 aromatic rings. The van der Waals surface area contributed by atoms with E-state index in [0.717, 1.165) is 5.52 Å². The van der Waals surface area contributed by atoms with Gasteiger partial charge in [-0.15, -0.1) is 0 Å². The zero-order valence-electron chi connectivity index (χ0n) is 15.6. The van der Waals surface area contributed by atoms with E-state index in [1.165, 1.54) is 49.9 Å². The molecule has 0 radical (unpaired) electrons. The van der Waals surface area contributed by atoms with Gasteiger partial charge >= 0.3 is 0 Å². The van der Waals surface area contributed by atoms with Crippen LogP contribution in [0.5, 0.6) is 0 Å². The number of benzene rings is 4. The van der Waals surface area contributed by atoms with Crippen molar-refractivity contribution < 1.29 is 0 Å². The number of hydrogen-bond acceptors (Lipinski definition) is 1. The highest BCUT2D eigenvalue weighted by molar-refractivity contribution is 6.19. The van der Waals surface area contributed by atoms with E-state index in [0.29, 0.717) is 0 Å². The summed E-state index contributed by atoms with van der Waals surface area (Å²) in [4.78, 5) is 6.02. The SMILES string of the molecule is c1ccc(N2c3c(ccc4[nH]c5ccccc5c34)-n3ccc4cccc2c43)cc1. The van der Waals surface area contributed by atoms with Crippen LogP contribution >= 0.6 is 0 Å². The number of rotatable bonds is 1. The largest absolute Gasteiger partial charge is 0.354 e. The van der Waals surface area contributed by atoms with E-state index in [9.17, 15) is 0 Å². The average molecular weight is 371 g/mol. The van der Waals surface area contributed by atoms with E-state index in [4.69, 9.17) is 0 Å². The molecule has 7 rings (SSSR count). The number of para-hydroxylation sites is 3. The number of aromatic amines is 1. The lowest BCUT2D eigenvalue weighted by atomic mass is 10.0. The maximum Gasteiger partial charge on any atom is 0.0803 e. The fourth-order valence-electron chi connectivity index (χ4n) is 4.85. The number of anilines is 3. The summed E-state index contributed by atoms with van der Waals surface area (Å²) < 4.78 is 2.33. The van der Waals surface area contributed by atoms with Crippen LogP contribution < -0.4 is 4.90 Å². The van der Waals surface area contributed by atoms with Crippen molar-refractivity contribution in [1.29, 1.82) is 0 Å². The molecule has 29 heavy (non-hydrogen) atoms. The molecule has 0 bridgehead atoms. The minimum absolute atomic E-state index is 1.16. The third-order valence-corrected chi connectivity index (χ3v) is 6.05. The van der Waals surface area contributed by atoms with Crippen LogP contribution in [0.25, 0.3) is 38.4 Å². The van der Waals surface area contributed by atoms with Crippen molar-refractivity contribution in [3.8, 4) is 5.69 Å². The molecular formula is C26H17N3. The topological polar surface area (TPSA) is 24.0 Å². The molecule has 1 aliphatic rings. The van der Waals surface area contributed by atoms with Crippen molar-refractivity contribution in [2.45, 2.75) is 0 Å². The van der Waals surface area contributed by atoms with Gasteiger partial charge in [0.15, 0.2) is 0 Å². The molecule has 0 saturated heterocycles. The van der Waals surface area contributed by atoms with Gasteiger partial charge in [0, 0.05) is 39.1 Å². The molecule has 0 fully saturated rings. The zero-order chi connectivity index (χ0) is 18.9. The second-order valence-corrected chi connectivity index (χ2v) is 7.60. The van der Waals surface area contributed by atoms with Crippen LogP contribution in [0, 0.1) is 0 Å². The van der Waals surface area contributed by atoms with Crippen molar-refractivity contribution in [1.82, 2.24) is 9.55 Å². The molecule has 3 heteroatoms. The maximum atomic E-state index is 3.61. The van der Waals surface area contributed by atoms with Gasteiger partial charge in [-0.05, 0) is 42.5 Å². The molecule has 1 N–H and O–H groups in total. The second kappa shape index (κ2) is 5.30.